The zero-order valence-corrected chi connectivity index (χ0v) is 14.8. The molecule has 0 atom stereocenters. The average Bonchev–Trinajstić information content (AvgIpc) is 3.28. The third-order valence-corrected chi connectivity index (χ3v) is 4.12. The summed E-state index contributed by atoms with van der Waals surface area (Å²) in [5.41, 5.74) is 2.80. The smallest absolute Gasteiger partial charge is 0.257 e. The molecule has 2 N–H and O–H groups in total. The normalized spacial score (nSPS) is 10.8. The van der Waals surface area contributed by atoms with E-state index in [9.17, 15) is 9.59 Å². The molecule has 10 heteroatoms. The van der Waals surface area contributed by atoms with Crippen molar-refractivity contribution in [2.24, 2.45) is 5.10 Å². The van der Waals surface area contributed by atoms with Crippen LogP contribution in [0.3, 0.4) is 0 Å². The summed E-state index contributed by atoms with van der Waals surface area (Å²) in [5, 5.41) is 15.4. The summed E-state index contributed by atoms with van der Waals surface area (Å²) in [4.78, 5) is 23.9. The van der Waals surface area contributed by atoms with E-state index < -0.39 is 0 Å². The molecular weight excluding hydrogens is 378 g/mol. The molecule has 26 heavy (non-hydrogen) atoms. The van der Waals surface area contributed by atoms with E-state index in [1.165, 1.54) is 12.5 Å². The largest absolute Gasteiger partial charge is 0.463 e. The number of nitrogens with zero attached hydrogens (tertiary/aromatic N) is 3. The number of amides is 2. The molecule has 2 aromatic heterocycles. The van der Waals surface area contributed by atoms with Crippen molar-refractivity contribution < 1.29 is 14.0 Å². The van der Waals surface area contributed by atoms with Gasteiger partial charge in [-0.25, -0.2) is 5.43 Å². The van der Waals surface area contributed by atoms with Crippen molar-refractivity contribution in [2.75, 3.05) is 5.32 Å². The first-order valence-electron chi connectivity index (χ1n) is 7.35. The topological polar surface area (TPSA) is 109 Å². The number of hydrogen-bond donors (Lipinski definition) is 2. The molecule has 0 fully saturated rings. The highest BCUT2D eigenvalue weighted by molar-refractivity contribution is 7.15. The van der Waals surface area contributed by atoms with Crippen LogP contribution in [-0.4, -0.2) is 28.2 Å². The molecule has 0 saturated carbocycles. The third-order valence-electron chi connectivity index (χ3n) is 3.03. The Morgan fingerprint density at radius 3 is 2.77 bits per heavy atom. The van der Waals surface area contributed by atoms with Gasteiger partial charge in [-0.05, 0) is 36.4 Å². The first kappa shape index (κ1) is 17.8. The number of aromatic nitrogens is 2. The first-order chi connectivity index (χ1) is 12.6. The van der Waals surface area contributed by atoms with Crippen molar-refractivity contribution in [1.29, 1.82) is 0 Å². The molecule has 0 aliphatic rings. The Hall–Kier alpha value is -3.04. The number of anilines is 1. The van der Waals surface area contributed by atoms with Gasteiger partial charge < -0.3 is 4.42 Å². The summed E-state index contributed by atoms with van der Waals surface area (Å²) in [6.45, 7) is 0. The number of nitrogens with one attached hydrogen (secondary N) is 2. The molecule has 132 valence electrons. The molecule has 0 bridgehead atoms. The van der Waals surface area contributed by atoms with Crippen LogP contribution in [0.2, 0.25) is 5.02 Å². The van der Waals surface area contributed by atoms with Gasteiger partial charge in [0, 0.05) is 10.6 Å². The molecule has 0 radical (unpaired) electrons. The fourth-order valence-corrected chi connectivity index (χ4v) is 2.72. The standard InChI is InChI=1S/C16H12ClN5O3S/c17-11-5-3-10(4-6-11)15(24)19-16-22-21-14(26-16)8-13(23)20-18-9-12-2-1-7-25-12/h1-7,9H,8H2,(H,20,23)(H,19,22,24). The molecule has 0 saturated heterocycles. The Bertz CT molecular complexity index is 922. The van der Waals surface area contributed by atoms with Crippen molar-refractivity contribution >= 4 is 46.1 Å². The van der Waals surface area contributed by atoms with E-state index in [-0.39, 0.29) is 18.2 Å². The van der Waals surface area contributed by atoms with Crippen LogP contribution < -0.4 is 10.7 Å². The predicted molar refractivity (Wildman–Crippen MR) is 97.5 cm³/mol. The summed E-state index contributed by atoms with van der Waals surface area (Å²) >= 11 is 6.90. The van der Waals surface area contributed by atoms with E-state index in [0.29, 0.717) is 26.5 Å². The van der Waals surface area contributed by atoms with Crippen LogP contribution in [0.1, 0.15) is 21.1 Å². The van der Waals surface area contributed by atoms with Crippen LogP contribution >= 0.6 is 22.9 Å². The molecule has 1 aromatic carbocycles. The zero-order valence-electron chi connectivity index (χ0n) is 13.2. The van der Waals surface area contributed by atoms with Crippen molar-refractivity contribution in [1.82, 2.24) is 15.6 Å². The number of hydrazone groups is 1. The monoisotopic (exact) mass is 389 g/mol. The van der Waals surface area contributed by atoms with Gasteiger partial charge in [-0.15, -0.1) is 10.2 Å². The predicted octanol–water partition coefficient (Wildman–Crippen LogP) is 2.73. The lowest BCUT2D eigenvalue weighted by Gasteiger charge is -2.00. The number of benzene rings is 1. The SMILES string of the molecule is O=C(Cc1nnc(NC(=O)c2ccc(Cl)cc2)s1)NN=Cc1ccco1. The van der Waals surface area contributed by atoms with Crippen LogP contribution in [0, 0.1) is 0 Å². The lowest BCUT2D eigenvalue weighted by atomic mass is 10.2. The van der Waals surface area contributed by atoms with Gasteiger partial charge in [0.2, 0.25) is 11.0 Å². The number of carbonyl (C=O) groups is 2. The van der Waals surface area contributed by atoms with Gasteiger partial charge in [0.05, 0.1) is 18.9 Å². The highest BCUT2D eigenvalue weighted by atomic mass is 35.5. The molecule has 2 heterocycles. The first-order valence-corrected chi connectivity index (χ1v) is 8.54. The summed E-state index contributed by atoms with van der Waals surface area (Å²) in [6, 6.07) is 9.86. The Morgan fingerprint density at radius 1 is 1.23 bits per heavy atom. The van der Waals surface area contributed by atoms with Crippen LogP contribution in [0.15, 0.2) is 52.2 Å². The van der Waals surface area contributed by atoms with Gasteiger partial charge in [-0.3, -0.25) is 14.9 Å². The maximum absolute atomic E-state index is 12.1. The van der Waals surface area contributed by atoms with Crippen LogP contribution in [-0.2, 0) is 11.2 Å². The van der Waals surface area contributed by atoms with E-state index in [2.05, 4.69) is 26.0 Å². The summed E-state index contributed by atoms with van der Waals surface area (Å²) in [7, 11) is 0. The minimum atomic E-state index is -0.362. The van der Waals surface area contributed by atoms with Crippen LogP contribution in [0.5, 0.6) is 0 Å². The fraction of sp³-hybridized carbons (Fsp3) is 0.0625. The molecule has 3 aromatic rings. The molecule has 0 aliphatic heterocycles. The fourth-order valence-electron chi connectivity index (χ4n) is 1.86. The van der Waals surface area contributed by atoms with Crippen molar-refractivity contribution in [3.05, 3.63) is 64.0 Å². The number of hydrogen-bond acceptors (Lipinski definition) is 7. The second kappa shape index (κ2) is 8.37. The Morgan fingerprint density at radius 2 is 2.04 bits per heavy atom. The number of carbonyl (C=O) groups excluding carboxylic acids is 2. The highest BCUT2D eigenvalue weighted by Crippen LogP contribution is 2.17. The molecule has 8 nitrogen and oxygen atoms in total. The number of rotatable bonds is 6. The van der Waals surface area contributed by atoms with Gasteiger partial charge in [-0.2, -0.15) is 5.10 Å². The molecule has 3 rings (SSSR count). The van der Waals surface area contributed by atoms with Gasteiger partial charge >= 0.3 is 0 Å². The second-order valence-electron chi connectivity index (χ2n) is 4.95. The highest BCUT2D eigenvalue weighted by Gasteiger charge is 2.12. The van der Waals surface area contributed by atoms with Crippen LogP contribution in [0.4, 0.5) is 5.13 Å². The Kier molecular flexibility index (Phi) is 5.72. The number of halogens is 1. The Balaban J connectivity index is 1.51. The van der Waals surface area contributed by atoms with Gasteiger partial charge in [0.1, 0.15) is 10.8 Å². The third kappa shape index (κ3) is 4.98. The molecule has 0 unspecified atom stereocenters. The van der Waals surface area contributed by atoms with Gasteiger partial charge in [0.25, 0.3) is 5.91 Å². The van der Waals surface area contributed by atoms with E-state index >= 15 is 0 Å². The minimum Gasteiger partial charge on any atom is -0.463 e. The molecule has 2 amide bonds. The summed E-state index contributed by atoms with van der Waals surface area (Å²) in [5.74, 6) is -0.176. The molecule has 0 aliphatic carbocycles. The van der Waals surface area contributed by atoms with E-state index in [0.717, 1.165) is 11.3 Å². The Labute approximate surface area is 156 Å². The second-order valence-corrected chi connectivity index (χ2v) is 6.45. The zero-order chi connectivity index (χ0) is 18.4. The maximum Gasteiger partial charge on any atom is 0.257 e. The molecule has 0 spiro atoms. The van der Waals surface area contributed by atoms with Crippen molar-refractivity contribution in [2.45, 2.75) is 6.42 Å². The minimum absolute atomic E-state index is 0.00994. The van der Waals surface area contributed by atoms with E-state index in [1.54, 1.807) is 36.4 Å². The van der Waals surface area contributed by atoms with Crippen molar-refractivity contribution in [3.63, 3.8) is 0 Å². The summed E-state index contributed by atoms with van der Waals surface area (Å²) < 4.78 is 5.05. The molecular formula is C16H12ClN5O3S. The summed E-state index contributed by atoms with van der Waals surface area (Å²) in [6.07, 6.45) is 2.88. The van der Waals surface area contributed by atoms with Gasteiger partial charge in [0.15, 0.2) is 0 Å². The van der Waals surface area contributed by atoms with Crippen LogP contribution in [0.25, 0.3) is 0 Å². The van der Waals surface area contributed by atoms with Crippen molar-refractivity contribution in [3.8, 4) is 0 Å². The average molecular weight is 390 g/mol. The quantitative estimate of drug-likeness (QED) is 0.497. The maximum atomic E-state index is 12.1. The van der Waals surface area contributed by atoms with E-state index in [1.807, 2.05) is 0 Å². The number of furan rings is 1. The lowest BCUT2D eigenvalue weighted by Crippen LogP contribution is -2.19. The lowest BCUT2D eigenvalue weighted by molar-refractivity contribution is -0.120. The van der Waals surface area contributed by atoms with E-state index in [4.69, 9.17) is 16.0 Å². The van der Waals surface area contributed by atoms with Gasteiger partial charge in [-0.1, -0.05) is 22.9 Å².